The largest absolute Gasteiger partial charge is 0.337 e. The van der Waals surface area contributed by atoms with Crippen molar-refractivity contribution in [2.75, 3.05) is 0 Å². The fourth-order valence-corrected chi connectivity index (χ4v) is 3.70. The molecule has 8 heteroatoms. The summed E-state index contributed by atoms with van der Waals surface area (Å²) in [6, 6.07) is 21.4. The number of benzene rings is 3. The molecule has 1 amide bonds. The molecule has 1 N–H and O–H groups in total. The van der Waals surface area contributed by atoms with Crippen LogP contribution in [0.5, 0.6) is 0 Å². The van der Waals surface area contributed by atoms with Gasteiger partial charge in [0.25, 0.3) is 0 Å². The zero-order valence-corrected chi connectivity index (χ0v) is 15.1. The minimum atomic E-state index is -0.620. The van der Waals surface area contributed by atoms with Gasteiger partial charge in [0.15, 0.2) is 5.21 Å². The number of hydrogen-bond donors (Lipinski definition) is 1. The topological polar surface area (TPSA) is 111 Å². The first-order chi connectivity index (χ1) is 14.2. The second-order valence-electron chi connectivity index (χ2n) is 6.71. The molecule has 8 nitrogen and oxygen atoms in total. The number of H-pyrrole nitrogens is 1. The highest BCUT2D eigenvalue weighted by atomic mass is 16.1. The van der Waals surface area contributed by atoms with Gasteiger partial charge in [-0.2, -0.15) is 0 Å². The molecule has 29 heavy (non-hydrogen) atoms. The number of tetrazole rings is 1. The molecule has 0 spiro atoms. The van der Waals surface area contributed by atoms with Crippen LogP contribution in [0, 0.1) is 0 Å². The van der Waals surface area contributed by atoms with Gasteiger partial charge in [-0.25, -0.2) is 0 Å². The van der Waals surface area contributed by atoms with E-state index < -0.39 is 5.91 Å². The van der Waals surface area contributed by atoms with Gasteiger partial charge in [-0.1, -0.05) is 47.7 Å². The highest BCUT2D eigenvalue weighted by molar-refractivity contribution is 5.95. The van der Waals surface area contributed by atoms with Crippen LogP contribution in [0.25, 0.3) is 38.6 Å². The van der Waals surface area contributed by atoms with E-state index in [9.17, 15) is 4.79 Å². The van der Waals surface area contributed by atoms with Crippen molar-refractivity contribution in [3.8, 4) is 28.2 Å². The number of carbonyl (C=O) groups excluding carboxylic acids is 1. The maximum atomic E-state index is 11.7. The van der Waals surface area contributed by atoms with E-state index in [1.54, 1.807) is 28.9 Å². The van der Waals surface area contributed by atoms with E-state index in [1.807, 2.05) is 6.07 Å². The van der Waals surface area contributed by atoms with Gasteiger partial charge in [0.1, 0.15) is 10.8 Å². The van der Waals surface area contributed by atoms with Crippen molar-refractivity contribution < 1.29 is 9.48 Å². The Bertz CT molecular complexity index is 1300. The number of rotatable bonds is 3. The Morgan fingerprint density at radius 3 is 2.66 bits per heavy atom. The van der Waals surface area contributed by atoms with Crippen molar-refractivity contribution >= 4 is 5.91 Å². The lowest BCUT2D eigenvalue weighted by Gasteiger charge is -2.04. The van der Waals surface area contributed by atoms with E-state index in [1.165, 1.54) is 22.3 Å². The van der Waals surface area contributed by atoms with Gasteiger partial charge < -0.3 is 0 Å². The SMILES string of the molecule is [N-]=[N+]=NC(=O)c1ccc(-c2nn[nH][n+]2-c2ccc3c(c2)Cc2ccccc2-3)cc1. The maximum Gasteiger partial charge on any atom is 0.337 e. The number of carbonyl (C=O) groups is 1. The van der Waals surface area contributed by atoms with E-state index >= 15 is 0 Å². The molecule has 0 fully saturated rings. The molecule has 3 aromatic carbocycles. The number of hydrogen-bond acceptors (Lipinski definition) is 3. The van der Waals surface area contributed by atoms with Crippen LogP contribution in [0.15, 0.2) is 71.8 Å². The van der Waals surface area contributed by atoms with Crippen molar-refractivity contribution in [1.29, 1.82) is 0 Å². The minimum absolute atomic E-state index is 0.317. The normalized spacial score (nSPS) is 11.4. The smallest absolute Gasteiger partial charge is 0.287 e. The summed E-state index contributed by atoms with van der Waals surface area (Å²) in [6.07, 6.45) is 0.896. The molecule has 0 bridgehead atoms. The fourth-order valence-electron chi connectivity index (χ4n) is 3.70. The minimum Gasteiger partial charge on any atom is -0.287 e. The van der Waals surface area contributed by atoms with Gasteiger partial charge in [-0.05, 0) is 63.6 Å². The Morgan fingerprint density at radius 2 is 1.83 bits per heavy atom. The van der Waals surface area contributed by atoms with E-state index in [0.717, 1.165) is 17.7 Å². The lowest BCUT2D eigenvalue weighted by Crippen LogP contribution is -2.35. The lowest BCUT2D eigenvalue weighted by molar-refractivity contribution is -0.649. The molecule has 0 saturated carbocycles. The molecule has 4 aromatic rings. The lowest BCUT2D eigenvalue weighted by atomic mass is 10.1. The average Bonchev–Trinajstić information content (AvgIpc) is 3.38. The summed E-state index contributed by atoms with van der Waals surface area (Å²) in [5, 5.41) is 14.2. The van der Waals surface area contributed by atoms with Gasteiger partial charge >= 0.3 is 5.82 Å². The summed E-state index contributed by atoms with van der Waals surface area (Å²) in [6.45, 7) is 0. The molecule has 1 aliphatic carbocycles. The molecular weight excluding hydrogens is 366 g/mol. The average molecular weight is 380 g/mol. The molecular formula is C21H14N7O+. The molecule has 138 valence electrons. The predicted octanol–water partition coefficient (Wildman–Crippen LogP) is 3.77. The van der Waals surface area contributed by atoms with Crippen LogP contribution in [0.3, 0.4) is 0 Å². The predicted molar refractivity (Wildman–Crippen MR) is 105 cm³/mol. The summed E-state index contributed by atoms with van der Waals surface area (Å²) >= 11 is 0. The number of nitrogens with one attached hydrogen (secondary N) is 1. The Kier molecular flexibility index (Phi) is 3.90. The molecule has 1 heterocycles. The number of amides is 1. The highest BCUT2D eigenvalue weighted by Crippen LogP contribution is 2.36. The second-order valence-corrected chi connectivity index (χ2v) is 6.71. The van der Waals surface area contributed by atoms with E-state index in [2.05, 4.69) is 61.9 Å². The van der Waals surface area contributed by atoms with Gasteiger partial charge in [-0.3, -0.25) is 4.79 Å². The summed E-state index contributed by atoms with van der Waals surface area (Å²) < 4.78 is 1.80. The number of azide groups is 1. The Balaban J connectivity index is 1.51. The fraction of sp³-hybridized carbons (Fsp3) is 0.0476. The molecule has 1 aromatic heterocycles. The van der Waals surface area contributed by atoms with Crippen LogP contribution in [-0.4, -0.2) is 21.4 Å². The summed E-state index contributed by atoms with van der Waals surface area (Å²) in [5.74, 6) is -0.00601. The van der Waals surface area contributed by atoms with Crippen molar-refractivity contribution in [2.24, 2.45) is 5.11 Å². The number of nitrogens with zero attached hydrogens (tertiary/aromatic N) is 6. The maximum absolute atomic E-state index is 11.7. The van der Waals surface area contributed by atoms with Crippen LogP contribution in [-0.2, 0) is 6.42 Å². The highest BCUT2D eigenvalue weighted by Gasteiger charge is 2.23. The monoisotopic (exact) mass is 380 g/mol. The van der Waals surface area contributed by atoms with Gasteiger partial charge in [0, 0.05) is 10.5 Å². The number of fused-ring (bicyclic) bond motifs is 3. The van der Waals surface area contributed by atoms with Gasteiger partial charge in [-0.15, -0.1) is 4.68 Å². The molecule has 0 aliphatic heterocycles. The number of aromatic amines is 1. The molecule has 0 saturated heterocycles. The van der Waals surface area contributed by atoms with Crippen LogP contribution in [0.2, 0.25) is 0 Å². The zero-order chi connectivity index (χ0) is 19.8. The third kappa shape index (κ3) is 2.84. The molecule has 0 unspecified atom stereocenters. The Labute approximate surface area is 165 Å². The third-order valence-corrected chi connectivity index (χ3v) is 5.06. The summed E-state index contributed by atoms with van der Waals surface area (Å²) in [7, 11) is 0. The molecule has 0 radical (unpaired) electrons. The number of aromatic nitrogens is 4. The third-order valence-electron chi connectivity index (χ3n) is 5.06. The van der Waals surface area contributed by atoms with Crippen molar-refractivity contribution in [3.63, 3.8) is 0 Å². The Morgan fingerprint density at radius 1 is 1.03 bits per heavy atom. The summed E-state index contributed by atoms with van der Waals surface area (Å²) in [4.78, 5) is 14.2. The van der Waals surface area contributed by atoms with Crippen LogP contribution >= 0.6 is 0 Å². The quantitative estimate of drug-likeness (QED) is 0.222. The van der Waals surface area contributed by atoms with E-state index in [0.29, 0.717) is 11.4 Å². The summed E-state index contributed by atoms with van der Waals surface area (Å²) in [5.41, 5.74) is 15.5. The van der Waals surface area contributed by atoms with Gasteiger partial charge in [0.2, 0.25) is 5.91 Å². The van der Waals surface area contributed by atoms with Crippen molar-refractivity contribution in [2.45, 2.75) is 6.42 Å². The first-order valence-electron chi connectivity index (χ1n) is 8.99. The molecule has 0 atom stereocenters. The van der Waals surface area contributed by atoms with Crippen LogP contribution in [0.1, 0.15) is 21.5 Å². The van der Waals surface area contributed by atoms with Crippen molar-refractivity contribution in [3.05, 3.63) is 93.9 Å². The molecule has 5 rings (SSSR count). The van der Waals surface area contributed by atoms with E-state index in [-0.39, 0.29) is 0 Å². The standard InChI is InChI=1S/C21H13N7O/c22-25-24-21(29)14-7-5-13(6-8-14)20-23-26-27-28(20)17-9-10-19-16(12-17)11-15-3-1-2-4-18(15)19/h1-10,12H,11H2/p+1. The van der Waals surface area contributed by atoms with Crippen molar-refractivity contribution in [1.82, 2.24) is 15.5 Å². The van der Waals surface area contributed by atoms with Gasteiger partial charge in [0.05, 0.1) is 5.56 Å². The zero-order valence-electron chi connectivity index (χ0n) is 15.1. The van der Waals surface area contributed by atoms with E-state index in [4.69, 9.17) is 5.53 Å². The van der Waals surface area contributed by atoms with Crippen LogP contribution < -0.4 is 4.68 Å². The molecule has 1 aliphatic rings. The first-order valence-corrected chi connectivity index (χ1v) is 8.99. The second kappa shape index (κ2) is 6.70. The Hall–Kier alpha value is -4.29. The first kappa shape index (κ1) is 16.9. The van der Waals surface area contributed by atoms with Crippen LogP contribution in [0.4, 0.5) is 0 Å².